The number of halogens is 1. The number of ether oxygens (including phenoxy) is 1. The van der Waals surface area contributed by atoms with Crippen LogP contribution in [0.4, 0.5) is 0 Å². The van der Waals surface area contributed by atoms with Crippen molar-refractivity contribution in [3.05, 3.63) is 34.9 Å². The minimum absolute atomic E-state index is 0.482. The van der Waals surface area contributed by atoms with Crippen molar-refractivity contribution < 1.29 is 4.74 Å². The first-order valence-corrected chi connectivity index (χ1v) is 6.99. The third-order valence-electron chi connectivity index (χ3n) is 3.63. The molecule has 2 heterocycles. The SMILES string of the molecule is Clc1ccc(CN2CC[C@@H](NCC3CO3)C2)cc1. The van der Waals surface area contributed by atoms with Gasteiger partial charge < -0.3 is 10.1 Å². The van der Waals surface area contributed by atoms with Crippen molar-refractivity contribution in [2.45, 2.75) is 25.1 Å². The van der Waals surface area contributed by atoms with Crippen molar-refractivity contribution >= 4 is 11.6 Å². The average molecular weight is 267 g/mol. The summed E-state index contributed by atoms with van der Waals surface area (Å²) in [6.07, 6.45) is 1.72. The van der Waals surface area contributed by atoms with Crippen LogP contribution in [-0.4, -0.2) is 43.3 Å². The number of hydrogen-bond acceptors (Lipinski definition) is 3. The first-order valence-electron chi connectivity index (χ1n) is 6.61. The Kier molecular flexibility index (Phi) is 3.85. The summed E-state index contributed by atoms with van der Waals surface area (Å²) >= 11 is 5.89. The lowest BCUT2D eigenvalue weighted by Gasteiger charge is -2.16. The highest BCUT2D eigenvalue weighted by atomic mass is 35.5. The van der Waals surface area contributed by atoms with Crippen LogP contribution >= 0.6 is 11.6 Å². The summed E-state index contributed by atoms with van der Waals surface area (Å²) < 4.78 is 5.21. The topological polar surface area (TPSA) is 27.8 Å². The molecular formula is C14H19ClN2O. The molecule has 3 nitrogen and oxygen atoms in total. The molecule has 2 atom stereocenters. The van der Waals surface area contributed by atoms with Crippen molar-refractivity contribution in [2.75, 3.05) is 26.2 Å². The summed E-state index contributed by atoms with van der Waals surface area (Å²) in [5.74, 6) is 0. The molecule has 98 valence electrons. The maximum Gasteiger partial charge on any atom is 0.0934 e. The molecule has 4 heteroatoms. The Bertz CT molecular complexity index is 391. The molecule has 1 N–H and O–H groups in total. The molecule has 0 radical (unpaired) electrons. The van der Waals surface area contributed by atoms with Gasteiger partial charge in [0.1, 0.15) is 0 Å². The molecule has 3 rings (SSSR count). The largest absolute Gasteiger partial charge is 0.372 e. The van der Waals surface area contributed by atoms with Gasteiger partial charge >= 0.3 is 0 Å². The lowest BCUT2D eigenvalue weighted by molar-refractivity contribution is 0.316. The Morgan fingerprint density at radius 3 is 2.83 bits per heavy atom. The molecule has 1 aromatic carbocycles. The Morgan fingerprint density at radius 1 is 1.33 bits per heavy atom. The number of rotatable bonds is 5. The molecule has 2 aliphatic heterocycles. The van der Waals surface area contributed by atoms with E-state index in [1.807, 2.05) is 12.1 Å². The van der Waals surface area contributed by atoms with Crippen LogP contribution in [0.5, 0.6) is 0 Å². The smallest absolute Gasteiger partial charge is 0.0934 e. The van der Waals surface area contributed by atoms with E-state index in [1.165, 1.54) is 18.5 Å². The molecule has 2 aliphatic rings. The molecule has 0 saturated carbocycles. The van der Waals surface area contributed by atoms with Crippen LogP contribution in [0.15, 0.2) is 24.3 Å². The van der Waals surface area contributed by atoms with Gasteiger partial charge in [-0.05, 0) is 24.1 Å². The van der Waals surface area contributed by atoms with Gasteiger partial charge in [0.05, 0.1) is 12.7 Å². The quantitative estimate of drug-likeness (QED) is 0.825. The molecule has 2 fully saturated rings. The fourth-order valence-corrected chi connectivity index (χ4v) is 2.60. The standard InChI is InChI=1S/C14H19ClN2O/c15-12-3-1-11(2-4-12)8-17-6-5-13(9-17)16-7-14-10-18-14/h1-4,13-14,16H,5-10H2/t13-,14?/m1/s1. The summed E-state index contributed by atoms with van der Waals surface area (Å²) in [4.78, 5) is 2.49. The first-order chi connectivity index (χ1) is 8.79. The number of nitrogens with one attached hydrogen (secondary N) is 1. The van der Waals surface area contributed by atoms with Crippen LogP contribution in [0.3, 0.4) is 0 Å². The minimum atomic E-state index is 0.482. The molecule has 0 aromatic heterocycles. The van der Waals surface area contributed by atoms with Gasteiger partial charge in [-0.3, -0.25) is 4.90 Å². The van der Waals surface area contributed by atoms with E-state index < -0.39 is 0 Å². The van der Waals surface area contributed by atoms with Gasteiger partial charge in [-0.1, -0.05) is 23.7 Å². The van der Waals surface area contributed by atoms with Crippen LogP contribution in [0.25, 0.3) is 0 Å². The Hall–Kier alpha value is -0.610. The molecule has 0 spiro atoms. The average Bonchev–Trinajstić information content (AvgIpc) is 3.10. The number of benzene rings is 1. The number of epoxide rings is 1. The molecule has 0 amide bonds. The van der Waals surface area contributed by atoms with E-state index in [-0.39, 0.29) is 0 Å². The van der Waals surface area contributed by atoms with Gasteiger partial charge in [0.25, 0.3) is 0 Å². The first kappa shape index (κ1) is 12.4. The monoisotopic (exact) mass is 266 g/mol. The van der Waals surface area contributed by atoms with Crippen LogP contribution in [0, 0.1) is 0 Å². The van der Waals surface area contributed by atoms with Crippen molar-refractivity contribution in [1.29, 1.82) is 0 Å². The molecule has 0 aliphatic carbocycles. The highest BCUT2D eigenvalue weighted by molar-refractivity contribution is 6.30. The third kappa shape index (κ3) is 3.45. The van der Waals surface area contributed by atoms with Crippen molar-refractivity contribution in [1.82, 2.24) is 10.2 Å². The summed E-state index contributed by atoms with van der Waals surface area (Å²) in [5, 5.41) is 4.39. The molecule has 0 bridgehead atoms. The Morgan fingerprint density at radius 2 is 2.11 bits per heavy atom. The van der Waals surface area contributed by atoms with Crippen molar-refractivity contribution in [3.8, 4) is 0 Å². The van der Waals surface area contributed by atoms with E-state index in [1.54, 1.807) is 0 Å². The van der Waals surface area contributed by atoms with Gasteiger partial charge in [-0.15, -0.1) is 0 Å². The summed E-state index contributed by atoms with van der Waals surface area (Å²) in [5.41, 5.74) is 1.34. The van der Waals surface area contributed by atoms with Crippen LogP contribution in [0.1, 0.15) is 12.0 Å². The van der Waals surface area contributed by atoms with E-state index in [0.717, 1.165) is 31.3 Å². The van der Waals surface area contributed by atoms with Crippen LogP contribution in [0.2, 0.25) is 5.02 Å². The van der Waals surface area contributed by atoms with Crippen molar-refractivity contribution in [3.63, 3.8) is 0 Å². The molecule has 18 heavy (non-hydrogen) atoms. The summed E-state index contributed by atoms with van der Waals surface area (Å²) in [6.45, 7) is 5.28. The lowest BCUT2D eigenvalue weighted by Crippen LogP contribution is -2.34. The zero-order valence-corrected chi connectivity index (χ0v) is 11.2. The zero-order valence-electron chi connectivity index (χ0n) is 10.4. The van der Waals surface area contributed by atoms with Gasteiger partial charge in [0.15, 0.2) is 0 Å². The lowest BCUT2D eigenvalue weighted by atomic mass is 10.2. The van der Waals surface area contributed by atoms with Gasteiger partial charge in [-0.2, -0.15) is 0 Å². The Labute approximate surface area is 113 Å². The fourth-order valence-electron chi connectivity index (χ4n) is 2.47. The highest BCUT2D eigenvalue weighted by Gasteiger charge is 2.26. The van der Waals surface area contributed by atoms with Crippen LogP contribution < -0.4 is 5.32 Å². The van der Waals surface area contributed by atoms with Gasteiger partial charge in [-0.25, -0.2) is 0 Å². The second kappa shape index (κ2) is 5.57. The second-order valence-electron chi connectivity index (χ2n) is 5.21. The normalized spacial score (nSPS) is 27.6. The number of hydrogen-bond donors (Lipinski definition) is 1. The van der Waals surface area contributed by atoms with Gasteiger partial charge in [0.2, 0.25) is 0 Å². The van der Waals surface area contributed by atoms with Crippen LogP contribution in [-0.2, 0) is 11.3 Å². The summed E-state index contributed by atoms with van der Waals surface area (Å²) in [7, 11) is 0. The highest BCUT2D eigenvalue weighted by Crippen LogP contribution is 2.16. The minimum Gasteiger partial charge on any atom is -0.372 e. The fraction of sp³-hybridized carbons (Fsp3) is 0.571. The van der Waals surface area contributed by atoms with Crippen molar-refractivity contribution in [2.24, 2.45) is 0 Å². The van der Waals surface area contributed by atoms with E-state index in [2.05, 4.69) is 22.3 Å². The van der Waals surface area contributed by atoms with E-state index in [9.17, 15) is 0 Å². The second-order valence-corrected chi connectivity index (χ2v) is 5.65. The molecule has 1 aromatic rings. The zero-order chi connectivity index (χ0) is 12.4. The van der Waals surface area contributed by atoms with E-state index >= 15 is 0 Å². The third-order valence-corrected chi connectivity index (χ3v) is 3.88. The maximum absolute atomic E-state index is 5.89. The molecular weight excluding hydrogens is 248 g/mol. The predicted octanol–water partition coefficient (Wildman–Crippen LogP) is 1.90. The molecule has 2 saturated heterocycles. The van der Waals surface area contributed by atoms with Gasteiger partial charge in [0, 0.05) is 37.2 Å². The molecule has 1 unspecified atom stereocenters. The van der Waals surface area contributed by atoms with E-state index in [0.29, 0.717) is 12.1 Å². The summed E-state index contributed by atoms with van der Waals surface area (Å²) in [6, 6.07) is 8.78. The number of likely N-dealkylation sites (tertiary alicyclic amines) is 1. The maximum atomic E-state index is 5.89. The predicted molar refractivity (Wildman–Crippen MR) is 72.9 cm³/mol. The Balaban J connectivity index is 1.44. The van der Waals surface area contributed by atoms with E-state index in [4.69, 9.17) is 16.3 Å². The number of nitrogens with zero attached hydrogens (tertiary/aromatic N) is 1.